The summed E-state index contributed by atoms with van der Waals surface area (Å²) in [5, 5.41) is 3.06. The van der Waals surface area contributed by atoms with Crippen LogP contribution in [0.4, 0.5) is 0 Å². The van der Waals surface area contributed by atoms with Crippen LogP contribution in [0.2, 0.25) is 0 Å². The molecule has 2 unspecified atom stereocenters. The first-order valence-corrected chi connectivity index (χ1v) is 13.2. The number of rotatable bonds is 14. The minimum absolute atomic E-state index is 0.0273. The number of ether oxygens (including phenoxy) is 1. The molecular weight excluding hydrogens is 448 g/mol. The summed E-state index contributed by atoms with van der Waals surface area (Å²) >= 11 is 1.30. The molecule has 3 rings (SSSR count). The van der Waals surface area contributed by atoms with Gasteiger partial charge in [-0.05, 0) is 37.6 Å². The van der Waals surface area contributed by atoms with Gasteiger partial charge in [0.25, 0.3) is 0 Å². The number of amidine groups is 1. The summed E-state index contributed by atoms with van der Waals surface area (Å²) in [6.45, 7) is 2.97. The molecule has 0 spiro atoms. The van der Waals surface area contributed by atoms with E-state index in [1.165, 1.54) is 37.6 Å². The highest BCUT2D eigenvalue weighted by Gasteiger charge is 2.21. The molecular formula is C26H36N4O3S. The van der Waals surface area contributed by atoms with E-state index in [0.717, 1.165) is 35.5 Å². The molecule has 0 aliphatic carbocycles. The van der Waals surface area contributed by atoms with E-state index in [-0.39, 0.29) is 11.9 Å². The first-order valence-electron chi connectivity index (χ1n) is 12.0. The second-order valence-electron chi connectivity index (χ2n) is 8.29. The molecule has 2 aromatic carbocycles. The van der Waals surface area contributed by atoms with E-state index < -0.39 is 6.23 Å². The molecule has 1 aliphatic heterocycles. The quantitative estimate of drug-likeness (QED) is 0.270. The lowest BCUT2D eigenvalue weighted by molar-refractivity contribution is -0.121. The highest BCUT2D eigenvalue weighted by molar-refractivity contribution is 7.97. The standard InChI is InChI=1S/C26H36N4O3S/c1-4-5-6-7-8-17-32-22-15-13-21(14-16-22)26-28-24(29-33-26)20-11-9-19(10-12-20)18-23(27-2)25(31)30-34-3/h9-16,23,26-27H,4-8,17-18H2,1-3H3,(H,28,29)(H,30,31). The summed E-state index contributed by atoms with van der Waals surface area (Å²) in [4.78, 5) is 22.5. The van der Waals surface area contributed by atoms with Crippen molar-refractivity contribution in [3.05, 3.63) is 65.2 Å². The van der Waals surface area contributed by atoms with Crippen molar-refractivity contribution in [1.29, 1.82) is 0 Å². The summed E-state index contributed by atoms with van der Waals surface area (Å²) in [5.41, 5.74) is 5.90. The zero-order chi connectivity index (χ0) is 24.2. The first-order chi connectivity index (χ1) is 16.6. The van der Waals surface area contributed by atoms with Crippen molar-refractivity contribution in [2.45, 2.75) is 57.7 Å². The smallest absolute Gasteiger partial charge is 0.247 e. The van der Waals surface area contributed by atoms with Crippen molar-refractivity contribution in [2.24, 2.45) is 4.99 Å². The fourth-order valence-electron chi connectivity index (χ4n) is 3.71. The van der Waals surface area contributed by atoms with Gasteiger partial charge in [-0.15, -0.1) is 0 Å². The van der Waals surface area contributed by atoms with Gasteiger partial charge in [0, 0.05) is 17.4 Å². The number of hydroxylamine groups is 1. The summed E-state index contributed by atoms with van der Waals surface area (Å²) in [6.07, 6.45) is 8.18. The van der Waals surface area contributed by atoms with Crippen molar-refractivity contribution < 1.29 is 14.4 Å². The number of hydrogen-bond acceptors (Lipinski definition) is 7. The Morgan fingerprint density at radius 2 is 1.85 bits per heavy atom. The van der Waals surface area contributed by atoms with Crippen molar-refractivity contribution in [1.82, 2.24) is 15.5 Å². The second kappa shape index (κ2) is 14.0. The van der Waals surface area contributed by atoms with Gasteiger partial charge in [-0.25, -0.2) is 15.3 Å². The van der Waals surface area contributed by atoms with E-state index >= 15 is 0 Å². The number of nitrogens with one attached hydrogen (secondary N) is 3. The van der Waals surface area contributed by atoms with Gasteiger partial charge >= 0.3 is 0 Å². The molecule has 184 valence electrons. The summed E-state index contributed by atoms with van der Waals surface area (Å²) in [5.74, 6) is 1.53. The zero-order valence-electron chi connectivity index (χ0n) is 20.3. The number of nitrogens with zero attached hydrogens (tertiary/aromatic N) is 1. The molecule has 1 amide bonds. The van der Waals surface area contributed by atoms with Gasteiger partial charge in [0.1, 0.15) is 5.75 Å². The predicted octanol–water partition coefficient (Wildman–Crippen LogP) is 4.54. The van der Waals surface area contributed by atoms with E-state index in [9.17, 15) is 4.79 Å². The number of hydrogen-bond donors (Lipinski definition) is 3. The molecule has 0 saturated heterocycles. The zero-order valence-corrected chi connectivity index (χ0v) is 21.1. The van der Waals surface area contributed by atoms with Crippen LogP contribution < -0.4 is 20.3 Å². The molecule has 8 heteroatoms. The molecule has 34 heavy (non-hydrogen) atoms. The van der Waals surface area contributed by atoms with Crippen molar-refractivity contribution in [3.63, 3.8) is 0 Å². The SMILES string of the molecule is CCCCCCCOc1ccc(C2N=C(c3ccc(CC(NC)C(=O)NSC)cc3)NO2)cc1. The van der Waals surface area contributed by atoms with Crippen LogP contribution in [0.15, 0.2) is 53.5 Å². The van der Waals surface area contributed by atoms with Crippen LogP contribution in [-0.4, -0.2) is 37.7 Å². The van der Waals surface area contributed by atoms with E-state index in [1.54, 1.807) is 7.05 Å². The van der Waals surface area contributed by atoms with Gasteiger partial charge in [-0.2, -0.15) is 0 Å². The Balaban J connectivity index is 1.52. The summed E-state index contributed by atoms with van der Waals surface area (Å²) in [7, 11) is 1.79. The molecule has 2 atom stereocenters. The largest absolute Gasteiger partial charge is 0.494 e. The Morgan fingerprint density at radius 1 is 1.12 bits per heavy atom. The van der Waals surface area contributed by atoms with Crippen LogP contribution in [-0.2, 0) is 16.1 Å². The lowest BCUT2D eigenvalue weighted by Crippen LogP contribution is -2.41. The average molecular weight is 485 g/mol. The maximum Gasteiger partial charge on any atom is 0.247 e. The van der Waals surface area contributed by atoms with Gasteiger partial charge < -0.3 is 10.1 Å². The second-order valence-corrected chi connectivity index (χ2v) is 8.91. The van der Waals surface area contributed by atoms with Crippen LogP contribution in [0.3, 0.4) is 0 Å². The van der Waals surface area contributed by atoms with Gasteiger partial charge in [0.05, 0.1) is 12.6 Å². The lowest BCUT2D eigenvalue weighted by atomic mass is 10.0. The number of likely N-dealkylation sites (N-methyl/N-ethyl adjacent to an activating group) is 1. The molecule has 1 heterocycles. The Kier molecular flexibility index (Phi) is 10.7. The molecule has 1 aliphatic rings. The third-order valence-electron chi connectivity index (χ3n) is 5.73. The van der Waals surface area contributed by atoms with Gasteiger partial charge in [-0.3, -0.25) is 9.52 Å². The van der Waals surface area contributed by atoms with Gasteiger partial charge in [-0.1, -0.05) is 81.0 Å². The van der Waals surface area contributed by atoms with Crippen LogP contribution in [0, 0.1) is 0 Å². The summed E-state index contributed by atoms with van der Waals surface area (Å²) in [6, 6.07) is 15.7. The number of amides is 1. The van der Waals surface area contributed by atoms with E-state index in [0.29, 0.717) is 12.3 Å². The molecule has 7 nitrogen and oxygen atoms in total. The maximum absolute atomic E-state index is 12.1. The number of carbonyl (C=O) groups excluding carboxylic acids is 1. The molecule has 3 N–H and O–H groups in total. The summed E-state index contributed by atoms with van der Waals surface area (Å²) < 4.78 is 8.62. The van der Waals surface area contributed by atoms with Crippen LogP contribution in [0.1, 0.15) is 61.9 Å². The number of benzene rings is 2. The van der Waals surface area contributed by atoms with Crippen molar-refractivity contribution >= 4 is 23.7 Å². The number of aliphatic imine (C=N–C) groups is 1. The Labute approximate surface area is 207 Å². The third-order valence-corrected chi connectivity index (χ3v) is 6.14. The maximum atomic E-state index is 12.1. The molecule has 0 fully saturated rings. The third kappa shape index (κ3) is 7.75. The van der Waals surface area contributed by atoms with Crippen LogP contribution in [0.25, 0.3) is 0 Å². The minimum atomic E-state index is -0.401. The molecule has 2 aromatic rings. The van der Waals surface area contributed by atoms with Crippen molar-refractivity contribution in [3.8, 4) is 5.75 Å². The van der Waals surface area contributed by atoms with E-state index in [4.69, 9.17) is 9.57 Å². The number of unbranched alkanes of at least 4 members (excludes halogenated alkanes) is 4. The Morgan fingerprint density at radius 3 is 2.53 bits per heavy atom. The monoisotopic (exact) mass is 484 g/mol. The Bertz CT molecular complexity index is 919. The average Bonchev–Trinajstić information content (AvgIpc) is 3.36. The first kappa shape index (κ1) is 26.1. The van der Waals surface area contributed by atoms with Crippen LogP contribution >= 0.6 is 11.9 Å². The van der Waals surface area contributed by atoms with E-state index in [1.807, 2.05) is 54.8 Å². The molecule has 0 saturated carbocycles. The highest BCUT2D eigenvalue weighted by Crippen LogP contribution is 2.25. The molecule has 0 bridgehead atoms. The minimum Gasteiger partial charge on any atom is -0.494 e. The van der Waals surface area contributed by atoms with Crippen molar-refractivity contribution in [2.75, 3.05) is 19.9 Å². The van der Waals surface area contributed by atoms with Gasteiger partial charge in [0.2, 0.25) is 12.1 Å². The molecule has 0 radical (unpaired) electrons. The highest BCUT2D eigenvalue weighted by atomic mass is 32.2. The van der Waals surface area contributed by atoms with E-state index in [2.05, 4.69) is 27.4 Å². The number of carbonyl (C=O) groups is 1. The fraction of sp³-hybridized carbons (Fsp3) is 0.462. The van der Waals surface area contributed by atoms with Gasteiger partial charge in [0.15, 0.2) is 5.84 Å². The molecule has 0 aromatic heterocycles. The predicted molar refractivity (Wildman–Crippen MR) is 139 cm³/mol. The normalized spacial score (nSPS) is 16.0. The fourth-order valence-corrected chi connectivity index (χ4v) is 4.06. The lowest BCUT2D eigenvalue weighted by Gasteiger charge is -2.15. The topological polar surface area (TPSA) is 84.0 Å². The Hall–Kier alpha value is -2.55. The van der Waals surface area contributed by atoms with Crippen LogP contribution in [0.5, 0.6) is 5.75 Å².